The molecule has 1 aliphatic rings. The molecule has 0 radical (unpaired) electrons. The lowest BCUT2D eigenvalue weighted by molar-refractivity contribution is -0.153. The van der Waals surface area contributed by atoms with Gasteiger partial charge in [-0.15, -0.1) is 0 Å². The van der Waals surface area contributed by atoms with E-state index in [0.717, 1.165) is 0 Å². The maximum Gasteiger partial charge on any atom is 0.422 e. The molecule has 1 aromatic carbocycles. The molecule has 122 valence electrons. The van der Waals surface area contributed by atoms with Crippen LogP contribution in [0.25, 0.3) is 0 Å². The van der Waals surface area contributed by atoms with Gasteiger partial charge in [-0.1, -0.05) is 12.1 Å². The van der Waals surface area contributed by atoms with E-state index in [1.165, 1.54) is 6.07 Å². The van der Waals surface area contributed by atoms with Crippen molar-refractivity contribution in [3.63, 3.8) is 0 Å². The minimum Gasteiger partial charge on any atom is -0.482 e. The third kappa shape index (κ3) is 4.82. The fourth-order valence-electron chi connectivity index (χ4n) is 2.58. The number of carbonyl (C=O) groups is 1. The van der Waals surface area contributed by atoms with E-state index in [2.05, 4.69) is 5.32 Å². The fourth-order valence-corrected chi connectivity index (χ4v) is 2.58. The van der Waals surface area contributed by atoms with Crippen LogP contribution in [0.1, 0.15) is 25.7 Å². The first kappa shape index (κ1) is 16.5. The first-order valence-corrected chi connectivity index (χ1v) is 7.13. The molecule has 0 heterocycles. The summed E-state index contributed by atoms with van der Waals surface area (Å²) in [7, 11) is 0. The van der Waals surface area contributed by atoms with Crippen molar-refractivity contribution in [2.75, 3.05) is 11.9 Å². The fraction of sp³-hybridized carbons (Fsp3) is 0.533. The number of rotatable bonds is 5. The molecule has 0 bridgehead atoms. The Hall–Kier alpha value is -1.92. The van der Waals surface area contributed by atoms with Crippen LogP contribution in [0.2, 0.25) is 0 Å². The van der Waals surface area contributed by atoms with Crippen LogP contribution < -0.4 is 10.1 Å². The first-order valence-electron chi connectivity index (χ1n) is 7.13. The van der Waals surface area contributed by atoms with Crippen LogP contribution in [0.3, 0.4) is 0 Å². The van der Waals surface area contributed by atoms with E-state index in [1.807, 2.05) is 0 Å². The molecule has 0 amide bonds. The highest BCUT2D eigenvalue weighted by molar-refractivity contribution is 5.70. The summed E-state index contributed by atoms with van der Waals surface area (Å²) in [6, 6.07) is 6.52. The molecule has 1 fully saturated rings. The van der Waals surface area contributed by atoms with Gasteiger partial charge in [0.05, 0.1) is 11.6 Å². The molecule has 0 aliphatic heterocycles. The van der Waals surface area contributed by atoms with Crippen LogP contribution in [0.15, 0.2) is 24.3 Å². The van der Waals surface area contributed by atoms with Crippen molar-refractivity contribution < 1.29 is 27.8 Å². The predicted molar refractivity (Wildman–Crippen MR) is 75.0 cm³/mol. The van der Waals surface area contributed by atoms with E-state index >= 15 is 0 Å². The average Bonchev–Trinajstić information content (AvgIpc) is 2.46. The van der Waals surface area contributed by atoms with Crippen LogP contribution in [0, 0.1) is 5.92 Å². The summed E-state index contributed by atoms with van der Waals surface area (Å²) in [6.45, 7) is -1.34. The normalized spacial score (nSPS) is 22.1. The highest BCUT2D eigenvalue weighted by Crippen LogP contribution is 2.31. The second kappa shape index (κ2) is 6.89. The van der Waals surface area contributed by atoms with Gasteiger partial charge in [0.15, 0.2) is 6.61 Å². The summed E-state index contributed by atoms with van der Waals surface area (Å²) in [6.07, 6.45) is -1.90. The van der Waals surface area contributed by atoms with Gasteiger partial charge >= 0.3 is 12.1 Å². The van der Waals surface area contributed by atoms with Crippen LogP contribution in [0.5, 0.6) is 5.75 Å². The monoisotopic (exact) mass is 317 g/mol. The van der Waals surface area contributed by atoms with E-state index in [1.54, 1.807) is 18.2 Å². The van der Waals surface area contributed by atoms with Crippen molar-refractivity contribution in [3.8, 4) is 5.75 Å². The number of hydrogen-bond donors (Lipinski definition) is 2. The third-order valence-corrected chi connectivity index (χ3v) is 3.71. The van der Waals surface area contributed by atoms with Crippen molar-refractivity contribution in [1.82, 2.24) is 0 Å². The number of carboxylic acid groups (broad SMARTS) is 1. The SMILES string of the molecule is O=C(O)C1CCC(Nc2ccccc2OCC(F)(F)F)CC1. The molecule has 0 aromatic heterocycles. The van der Waals surface area contributed by atoms with Gasteiger partial charge in [-0.05, 0) is 37.8 Å². The van der Waals surface area contributed by atoms with Crippen molar-refractivity contribution in [2.24, 2.45) is 5.92 Å². The Kier molecular flexibility index (Phi) is 5.15. The Labute approximate surface area is 126 Å². The van der Waals surface area contributed by atoms with Gasteiger partial charge in [-0.3, -0.25) is 4.79 Å². The Balaban J connectivity index is 1.94. The zero-order valence-electron chi connectivity index (χ0n) is 11.9. The zero-order valence-corrected chi connectivity index (χ0v) is 11.9. The number of alkyl halides is 3. The van der Waals surface area contributed by atoms with Gasteiger partial charge < -0.3 is 15.2 Å². The van der Waals surface area contributed by atoms with Crippen molar-refractivity contribution >= 4 is 11.7 Å². The second-order valence-electron chi connectivity index (χ2n) is 5.43. The topological polar surface area (TPSA) is 58.6 Å². The highest BCUT2D eigenvalue weighted by atomic mass is 19.4. The lowest BCUT2D eigenvalue weighted by atomic mass is 9.86. The number of aliphatic carboxylic acids is 1. The standard InChI is InChI=1S/C15H18F3NO3/c16-15(17,18)9-22-13-4-2-1-3-12(13)19-11-7-5-10(6-8-11)14(20)21/h1-4,10-11,19H,5-9H2,(H,20,21). The quantitative estimate of drug-likeness (QED) is 0.870. The molecular formula is C15H18F3NO3. The minimum absolute atomic E-state index is 0.0474. The maximum absolute atomic E-state index is 12.2. The molecule has 1 aliphatic carbocycles. The van der Waals surface area contributed by atoms with Crippen LogP contribution in [-0.2, 0) is 4.79 Å². The van der Waals surface area contributed by atoms with Gasteiger partial charge in [-0.2, -0.15) is 13.2 Å². The molecule has 22 heavy (non-hydrogen) atoms. The molecule has 2 N–H and O–H groups in total. The lowest BCUT2D eigenvalue weighted by Gasteiger charge is -2.28. The van der Waals surface area contributed by atoms with Gasteiger partial charge in [0.2, 0.25) is 0 Å². The molecule has 0 saturated heterocycles. The highest BCUT2D eigenvalue weighted by Gasteiger charge is 2.29. The predicted octanol–water partition coefficient (Wildman–Crippen LogP) is 3.68. The summed E-state index contributed by atoms with van der Waals surface area (Å²) in [5.41, 5.74) is 0.505. The Morgan fingerprint density at radius 1 is 1.23 bits per heavy atom. The van der Waals surface area contributed by atoms with Crippen LogP contribution in [0.4, 0.5) is 18.9 Å². The summed E-state index contributed by atoms with van der Waals surface area (Å²) in [4.78, 5) is 10.9. The van der Waals surface area contributed by atoms with E-state index in [0.29, 0.717) is 31.4 Å². The van der Waals surface area contributed by atoms with Crippen molar-refractivity contribution in [3.05, 3.63) is 24.3 Å². The van der Waals surface area contributed by atoms with Gasteiger partial charge in [-0.25, -0.2) is 0 Å². The number of para-hydroxylation sites is 2. The summed E-state index contributed by atoms with van der Waals surface area (Å²) in [5.74, 6) is -0.956. The minimum atomic E-state index is -4.38. The number of benzene rings is 1. The molecule has 1 saturated carbocycles. The largest absolute Gasteiger partial charge is 0.482 e. The lowest BCUT2D eigenvalue weighted by Crippen LogP contribution is -2.29. The van der Waals surface area contributed by atoms with Crippen LogP contribution in [-0.4, -0.2) is 29.9 Å². The zero-order chi connectivity index (χ0) is 16.2. The Morgan fingerprint density at radius 2 is 1.86 bits per heavy atom. The summed E-state index contributed by atoms with van der Waals surface area (Å²) < 4.78 is 41.6. The van der Waals surface area contributed by atoms with Crippen LogP contribution >= 0.6 is 0 Å². The first-order chi connectivity index (χ1) is 10.3. The Morgan fingerprint density at radius 3 is 2.45 bits per heavy atom. The number of anilines is 1. The molecular weight excluding hydrogens is 299 g/mol. The summed E-state index contributed by atoms with van der Waals surface area (Å²) >= 11 is 0. The van der Waals surface area contributed by atoms with Gasteiger partial charge in [0.1, 0.15) is 5.75 Å². The number of ether oxygens (including phenoxy) is 1. The Bertz CT molecular complexity index is 511. The maximum atomic E-state index is 12.2. The molecule has 7 heteroatoms. The molecule has 1 aromatic rings. The van der Waals surface area contributed by atoms with Crippen molar-refractivity contribution in [1.29, 1.82) is 0 Å². The number of halogens is 3. The van der Waals surface area contributed by atoms with Gasteiger partial charge in [0.25, 0.3) is 0 Å². The molecule has 0 spiro atoms. The van der Waals surface area contributed by atoms with E-state index in [-0.39, 0.29) is 17.7 Å². The molecule has 4 nitrogen and oxygen atoms in total. The smallest absolute Gasteiger partial charge is 0.422 e. The number of nitrogens with one attached hydrogen (secondary N) is 1. The van der Waals surface area contributed by atoms with E-state index in [9.17, 15) is 18.0 Å². The molecule has 0 unspecified atom stereocenters. The number of carboxylic acids is 1. The van der Waals surface area contributed by atoms with E-state index in [4.69, 9.17) is 9.84 Å². The van der Waals surface area contributed by atoms with Gasteiger partial charge in [0, 0.05) is 6.04 Å². The summed E-state index contributed by atoms with van der Waals surface area (Å²) in [5, 5.41) is 12.1. The number of hydrogen-bond acceptors (Lipinski definition) is 3. The average molecular weight is 317 g/mol. The van der Waals surface area contributed by atoms with Crippen molar-refractivity contribution in [2.45, 2.75) is 37.9 Å². The third-order valence-electron chi connectivity index (χ3n) is 3.71. The second-order valence-corrected chi connectivity index (χ2v) is 5.43. The molecule has 2 rings (SSSR count). The molecule has 0 atom stereocenters. The van der Waals surface area contributed by atoms with E-state index < -0.39 is 18.8 Å².